The molecule has 3 rings (SSSR count). The molecular weight excluding hydrogens is 303 g/mol. The highest BCUT2D eigenvalue weighted by molar-refractivity contribution is 5.62. The minimum absolute atomic E-state index is 0.229. The predicted molar refractivity (Wildman–Crippen MR) is 94.9 cm³/mol. The number of hydrogen-bond acceptors (Lipinski definition) is 3. The van der Waals surface area contributed by atoms with Crippen LogP contribution in [0.5, 0.6) is 0 Å². The van der Waals surface area contributed by atoms with E-state index in [0.29, 0.717) is 6.54 Å². The van der Waals surface area contributed by atoms with Crippen molar-refractivity contribution in [2.24, 2.45) is 5.73 Å². The third kappa shape index (κ3) is 2.53. The molecule has 2 N–H and O–H groups in total. The van der Waals surface area contributed by atoms with E-state index in [9.17, 15) is 4.39 Å². The van der Waals surface area contributed by atoms with Gasteiger partial charge < -0.3 is 15.2 Å². The Kier molecular flexibility index (Phi) is 4.22. The van der Waals surface area contributed by atoms with E-state index < -0.39 is 0 Å². The third-order valence-corrected chi connectivity index (χ3v) is 5.00. The Labute approximate surface area is 142 Å². The number of aromatic nitrogens is 2. The van der Waals surface area contributed by atoms with E-state index in [0.717, 1.165) is 41.6 Å². The summed E-state index contributed by atoms with van der Waals surface area (Å²) in [6, 6.07) is 6.55. The van der Waals surface area contributed by atoms with Crippen LogP contribution in [0.1, 0.15) is 32.3 Å². The molecule has 128 valence electrons. The molecule has 0 spiro atoms. The molecule has 0 atom stereocenters. The van der Waals surface area contributed by atoms with Gasteiger partial charge in [-0.2, -0.15) is 0 Å². The number of rotatable bonds is 3. The largest absolute Gasteiger partial charge is 0.360 e. The van der Waals surface area contributed by atoms with Crippen LogP contribution in [0.3, 0.4) is 0 Å². The summed E-state index contributed by atoms with van der Waals surface area (Å²) in [5.41, 5.74) is 9.81. The number of nitrogens with two attached hydrogens (primary N) is 1. The lowest BCUT2D eigenvalue weighted by molar-refractivity contribution is 0.116. The number of hydrogen-bond donors (Lipinski definition) is 1. The molecule has 1 aliphatic heterocycles. The molecule has 0 bridgehead atoms. The average molecular weight is 328 g/mol. The van der Waals surface area contributed by atoms with Crippen molar-refractivity contribution in [1.29, 1.82) is 0 Å². The summed E-state index contributed by atoms with van der Waals surface area (Å²) >= 11 is 0. The van der Waals surface area contributed by atoms with Gasteiger partial charge >= 0.3 is 0 Å². The number of allylic oxidation sites excluding steroid dienone is 1. The lowest BCUT2D eigenvalue weighted by Crippen LogP contribution is -2.49. The maximum atomic E-state index is 13.2. The van der Waals surface area contributed by atoms with Crippen molar-refractivity contribution >= 4 is 0 Å². The molecule has 0 saturated carbocycles. The second-order valence-electron chi connectivity index (χ2n) is 6.72. The highest BCUT2D eigenvalue weighted by Gasteiger charge is 2.38. The molecule has 4 nitrogen and oxygen atoms in total. The average Bonchev–Trinajstić information content (AvgIpc) is 2.90. The summed E-state index contributed by atoms with van der Waals surface area (Å²) in [7, 11) is 0. The molecule has 0 fully saturated rings. The molecule has 24 heavy (non-hydrogen) atoms. The van der Waals surface area contributed by atoms with E-state index >= 15 is 0 Å². The lowest BCUT2D eigenvalue weighted by Gasteiger charge is -2.45. The van der Waals surface area contributed by atoms with Crippen molar-refractivity contribution in [2.75, 3.05) is 13.1 Å². The molecule has 5 heteroatoms. The third-order valence-electron chi connectivity index (χ3n) is 5.00. The van der Waals surface area contributed by atoms with Crippen molar-refractivity contribution in [3.63, 3.8) is 0 Å². The van der Waals surface area contributed by atoms with E-state index in [2.05, 4.69) is 36.3 Å². The number of imidazole rings is 1. The SMILES string of the molecule is CC=C(CN)N1CCn2c(nc(-c3ccc(F)cc3)c2C)C1(C)C. The number of fused-ring (bicyclic) bond motifs is 1. The van der Waals surface area contributed by atoms with Crippen LogP contribution in [0.25, 0.3) is 11.3 Å². The fraction of sp³-hybridized carbons (Fsp3) is 0.421. The minimum atomic E-state index is -0.248. The molecule has 0 aliphatic carbocycles. The first-order chi connectivity index (χ1) is 11.4. The van der Waals surface area contributed by atoms with Gasteiger partial charge in [-0.05, 0) is 52.0 Å². The molecule has 0 unspecified atom stereocenters. The summed E-state index contributed by atoms with van der Waals surface area (Å²) in [5, 5.41) is 0. The first-order valence-corrected chi connectivity index (χ1v) is 8.36. The first kappa shape index (κ1) is 16.7. The van der Waals surface area contributed by atoms with E-state index in [4.69, 9.17) is 10.7 Å². The molecule has 1 aliphatic rings. The van der Waals surface area contributed by atoms with Crippen molar-refractivity contribution in [2.45, 2.75) is 39.8 Å². The normalized spacial score (nSPS) is 17.1. The van der Waals surface area contributed by atoms with Gasteiger partial charge in [-0.25, -0.2) is 9.37 Å². The predicted octanol–water partition coefficient (Wildman–Crippen LogP) is 3.41. The fourth-order valence-electron chi connectivity index (χ4n) is 3.64. The quantitative estimate of drug-likeness (QED) is 0.939. The van der Waals surface area contributed by atoms with E-state index in [1.54, 1.807) is 12.1 Å². The van der Waals surface area contributed by atoms with Gasteiger partial charge in [-0.3, -0.25) is 0 Å². The van der Waals surface area contributed by atoms with Crippen LogP contribution in [0.15, 0.2) is 36.0 Å². The highest BCUT2D eigenvalue weighted by Crippen LogP contribution is 2.37. The van der Waals surface area contributed by atoms with Gasteiger partial charge in [-0.15, -0.1) is 0 Å². The van der Waals surface area contributed by atoms with E-state index in [-0.39, 0.29) is 11.4 Å². The lowest BCUT2D eigenvalue weighted by atomic mass is 9.98. The fourth-order valence-corrected chi connectivity index (χ4v) is 3.64. The smallest absolute Gasteiger partial charge is 0.135 e. The molecule has 1 aromatic heterocycles. The topological polar surface area (TPSA) is 47.1 Å². The van der Waals surface area contributed by atoms with Crippen LogP contribution in [0, 0.1) is 12.7 Å². The zero-order chi connectivity index (χ0) is 17.5. The van der Waals surface area contributed by atoms with Crippen molar-refractivity contribution in [3.8, 4) is 11.3 Å². The van der Waals surface area contributed by atoms with Crippen LogP contribution in [0.4, 0.5) is 4.39 Å². The van der Waals surface area contributed by atoms with Gasteiger partial charge in [0.15, 0.2) is 0 Å². The number of benzene rings is 1. The van der Waals surface area contributed by atoms with Crippen LogP contribution >= 0.6 is 0 Å². The second-order valence-corrected chi connectivity index (χ2v) is 6.72. The van der Waals surface area contributed by atoms with Crippen LogP contribution in [-0.2, 0) is 12.1 Å². The van der Waals surface area contributed by atoms with Gasteiger partial charge in [0.05, 0.1) is 11.2 Å². The summed E-state index contributed by atoms with van der Waals surface area (Å²) in [6.45, 7) is 10.8. The Morgan fingerprint density at radius 2 is 1.96 bits per heavy atom. The first-order valence-electron chi connectivity index (χ1n) is 8.36. The molecule has 2 heterocycles. The molecule has 1 aromatic carbocycles. The van der Waals surface area contributed by atoms with Gasteiger partial charge in [-0.1, -0.05) is 6.08 Å². The maximum Gasteiger partial charge on any atom is 0.135 e. The Morgan fingerprint density at radius 1 is 1.29 bits per heavy atom. The number of nitrogens with zero attached hydrogens (tertiary/aromatic N) is 3. The Balaban J connectivity index is 2.09. The monoisotopic (exact) mass is 328 g/mol. The summed E-state index contributed by atoms with van der Waals surface area (Å²) in [6.07, 6.45) is 2.08. The Hall–Kier alpha value is -2.14. The maximum absolute atomic E-state index is 13.2. The minimum Gasteiger partial charge on any atom is -0.360 e. The van der Waals surface area contributed by atoms with Gasteiger partial charge in [0.1, 0.15) is 11.6 Å². The van der Waals surface area contributed by atoms with Gasteiger partial charge in [0.25, 0.3) is 0 Å². The summed E-state index contributed by atoms with van der Waals surface area (Å²) in [4.78, 5) is 7.27. The van der Waals surface area contributed by atoms with Crippen LogP contribution in [0.2, 0.25) is 0 Å². The van der Waals surface area contributed by atoms with Crippen molar-refractivity contribution in [1.82, 2.24) is 14.5 Å². The van der Waals surface area contributed by atoms with E-state index in [1.165, 1.54) is 12.1 Å². The van der Waals surface area contributed by atoms with Crippen LogP contribution in [-0.4, -0.2) is 27.5 Å². The van der Waals surface area contributed by atoms with Crippen molar-refractivity contribution < 1.29 is 4.39 Å². The second kappa shape index (κ2) is 6.06. The zero-order valence-corrected chi connectivity index (χ0v) is 14.8. The van der Waals surface area contributed by atoms with Crippen LogP contribution < -0.4 is 5.73 Å². The number of halogens is 1. The summed E-state index contributed by atoms with van der Waals surface area (Å²) < 4.78 is 15.5. The Bertz CT molecular complexity index is 771. The highest BCUT2D eigenvalue weighted by atomic mass is 19.1. The standard InChI is InChI=1S/C19H25FN4/c1-5-16(12-21)24-11-10-23-13(2)17(22-18(23)19(24,3)4)14-6-8-15(20)9-7-14/h5-9H,10-12,21H2,1-4H3. The molecule has 2 aromatic rings. The van der Waals surface area contributed by atoms with Gasteiger partial charge in [0, 0.05) is 36.6 Å². The summed E-state index contributed by atoms with van der Waals surface area (Å²) in [5.74, 6) is 0.797. The van der Waals surface area contributed by atoms with Crippen molar-refractivity contribution in [3.05, 3.63) is 53.4 Å². The van der Waals surface area contributed by atoms with Gasteiger partial charge in [0.2, 0.25) is 0 Å². The van der Waals surface area contributed by atoms with E-state index in [1.807, 2.05) is 6.92 Å². The Morgan fingerprint density at radius 3 is 2.54 bits per heavy atom. The molecule has 0 radical (unpaired) electrons. The molecular formula is C19H25FN4. The zero-order valence-electron chi connectivity index (χ0n) is 14.8. The molecule has 0 amide bonds. The molecule has 0 saturated heterocycles.